The van der Waals surface area contributed by atoms with Crippen LogP contribution in [0.4, 0.5) is 0 Å². The molecule has 1 unspecified atom stereocenters. The maximum absolute atomic E-state index is 9.88. The highest BCUT2D eigenvalue weighted by molar-refractivity contribution is 5.37. The van der Waals surface area contributed by atoms with Gasteiger partial charge in [-0.05, 0) is 48.9 Å². The highest BCUT2D eigenvalue weighted by Crippen LogP contribution is 2.15. The predicted octanol–water partition coefficient (Wildman–Crippen LogP) is 2.73. The highest BCUT2D eigenvalue weighted by Gasteiger charge is 2.07. The second kappa shape index (κ2) is 7.81. The van der Waals surface area contributed by atoms with Gasteiger partial charge in [-0.1, -0.05) is 0 Å². The van der Waals surface area contributed by atoms with Gasteiger partial charge in [-0.2, -0.15) is 5.10 Å². The Balaban J connectivity index is 1.42. The number of aryl methyl sites for hydroxylation is 1. The Kier molecular flexibility index (Phi) is 5.30. The van der Waals surface area contributed by atoms with E-state index in [9.17, 15) is 5.11 Å². The second-order valence-corrected chi connectivity index (χ2v) is 5.52. The second-order valence-electron chi connectivity index (χ2n) is 5.52. The van der Waals surface area contributed by atoms with Crippen molar-refractivity contribution in [3.05, 3.63) is 66.4 Å². The van der Waals surface area contributed by atoms with Crippen LogP contribution in [0, 0.1) is 6.92 Å². The molecule has 3 aromatic rings. The summed E-state index contributed by atoms with van der Waals surface area (Å²) < 4.78 is 17.9. The normalized spacial score (nSPS) is 12.2. The summed E-state index contributed by atoms with van der Waals surface area (Å²) in [4.78, 5) is 0. The summed E-state index contributed by atoms with van der Waals surface area (Å²) in [5.41, 5.74) is 2.06. The molecule has 1 aromatic carbocycles. The van der Waals surface area contributed by atoms with E-state index in [2.05, 4.69) is 5.10 Å². The predicted molar refractivity (Wildman–Crippen MR) is 88.2 cm³/mol. The van der Waals surface area contributed by atoms with E-state index in [4.69, 9.17) is 13.9 Å². The number of nitrogens with zero attached hydrogens (tertiary/aromatic N) is 2. The van der Waals surface area contributed by atoms with Gasteiger partial charge in [0.25, 0.3) is 0 Å². The minimum atomic E-state index is -0.701. The summed E-state index contributed by atoms with van der Waals surface area (Å²) in [5.74, 6) is 1.42. The number of aromatic nitrogens is 2. The lowest BCUT2D eigenvalue weighted by Gasteiger charge is -2.12. The van der Waals surface area contributed by atoms with Gasteiger partial charge < -0.3 is 19.0 Å². The van der Waals surface area contributed by atoms with Crippen molar-refractivity contribution in [1.29, 1.82) is 0 Å². The largest absolute Gasteiger partial charge is 0.491 e. The number of furan rings is 1. The van der Waals surface area contributed by atoms with Crippen LogP contribution in [-0.4, -0.2) is 34.2 Å². The van der Waals surface area contributed by atoms with Gasteiger partial charge in [0.05, 0.1) is 24.8 Å². The van der Waals surface area contributed by atoms with E-state index in [0.29, 0.717) is 12.4 Å². The quantitative estimate of drug-likeness (QED) is 0.688. The molecular weight excluding hydrogens is 308 g/mol. The lowest BCUT2D eigenvalue weighted by atomic mass is 10.3. The molecular formula is C18H20N2O4. The van der Waals surface area contributed by atoms with Crippen LogP contribution in [0.2, 0.25) is 0 Å². The van der Waals surface area contributed by atoms with E-state index in [0.717, 1.165) is 17.0 Å². The molecule has 24 heavy (non-hydrogen) atoms. The molecule has 0 bridgehead atoms. The van der Waals surface area contributed by atoms with Crippen LogP contribution in [0.3, 0.4) is 0 Å². The van der Waals surface area contributed by atoms with Crippen molar-refractivity contribution in [3.8, 4) is 11.4 Å². The van der Waals surface area contributed by atoms with Crippen LogP contribution in [0.25, 0.3) is 5.69 Å². The Morgan fingerprint density at radius 3 is 2.71 bits per heavy atom. The van der Waals surface area contributed by atoms with Gasteiger partial charge in [-0.25, -0.2) is 4.68 Å². The summed E-state index contributed by atoms with van der Waals surface area (Å²) in [6.45, 7) is 2.68. The lowest BCUT2D eigenvalue weighted by molar-refractivity contribution is 0.000879. The summed E-state index contributed by atoms with van der Waals surface area (Å²) >= 11 is 0. The maximum Gasteiger partial charge on any atom is 0.129 e. The molecule has 3 rings (SSSR count). The zero-order valence-corrected chi connectivity index (χ0v) is 13.5. The summed E-state index contributed by atoms with van der Waals surface area (Å²) in [5, 5.41) is 14.1. The number of aliphatic hydroxyl groups excluding tert-OH is 1. The molecule has 0 amide bonds. The molecule has 0 fully saturated rings. The molecule has 0 aliphatic rings. The minimum absolute atomic E-state index is 0.165. The van der Waals surface area contributed by atoms with Crippen molar-refractivity contribution < 1.29 is 19.0 Å². The van der Waals surface area contributed by atoms with E-state index in [-0.39, 0.29) is 13.2 Å². The van der Waals surface area contributed by atoms with Gasteiger partial charge in [0, 0.05) is 6.20 Å². The Morgan fingerprint density at radius 2 is 2.04 bits per heavy atom. The molecule has 6 heteroatoms. The average Bonchev–Trinajstić information content (AvgIpc) is 3.25. The van der Waals surface area contributed by atoms with Crippen LogP contribution in [0.15, 0.2) is 59.5 Å². The van der Waals surface area contributed by atoms with E-state index in [1.807, 2.05) is 49.6 Å². The fraction of sp³-hybridized carbons (Fsp3) is 0.278. The highest BCUT2D eigenvalue weighted by atomic mass is 16.5. The van der Waals surface area contributed by atoms with Crippen molar-refractivity contribution in [2.45, 2.75) is 19.6 Å². The third-order valence-corrected chi connectivity index (χ3v) is 3.39. The van der Waals surface area contributed by atoms with Crippen molar-refractivity contribution in [1.82, 2.24) is 9.78 Å². The number of hydrogen-bond donors (Lipinski definition) is 1. The fourth-order valence-electron chi connectivity index (χ4n) is 2.18. The average molecular weight is 328 g/mol. The van der Waals surface area contributed by atoms with E-state index >= 15 is 0 Å². The van der Waals surface area contributed by atoms with Crippen LogP contribution < -0.4 is 4.74 Å². The zero-order valence-electron chi connectivity index (χ0n) is 13.5. The first-order valence-corrected chi connectivity index (χ1v) is 7.73. The standard InChI is InChI=1S/C18H20N2O4/c1-14-9-19-20(10-14)15-4-6-17(7-5-15)24-12-16(21)11-22-13-18-3-2-8-23-18/h2-10,16,21H,11-13H2,1H3. The molecule has 0 saturated carbocycles. The molecule has 0 saturated heterocycles. The monoisotopic (exact) mass is 328 g/mol. The van der Waals surface area contributed by atoms with Crippen LogP contribution in [-0.2, 0) is 11.3 Å². The SMILES string of the molecule is Cc1cnn(-c2ccc(OCC(O)COCc3ccco3)cc2)c1. The van der Waals surface area contributed by atoms with Crippen molar-refractivity contribution in [2.75, 3.05) is 13.2 Å². The van der Waals surface area contributed by atoms with Gasteiger partial charge >= 0.3 is 0 Å². The smallest absolute Gasteiger partial charge is 0.129 e. The summed E-state index contributed by atoms with van der Waals surface area (Å²) in [6, 6.07) is 11.2. The molecule has 0 radical (unpaired) electrons. The first-order chi connectivity index (χ1) is 11.7. The van der Waals surface area contributed by atoms with Gasteiger partial charge in [-0.3, -0.25) is 0 Å². The van der Waals surface area contributed by atoms with Crippen LogP contribution in [0.1, 0.15) is 11.3 Å². The van der Waals surface area contributed by atoms with E-state index in [1.54, 1.807) is 17.0 Å². The maximum atomic E-state index is 9.88. The Bertz CT molecular complexity index is 735. The molecule has 0 aliphatic heterocycles. The van der Waals surface area contributed by atoms with Crippen LogP contribution in [0.5, 0.6) is 5.75 Å². The molecule has 0 aliphatic carbocycles. The first-order valence-electron chi connectivity index (χ1n) is 7.73. The molecule has 126 valence electrons. The third kappa shape index (κ3) is 4.47. The number of benzene rings is 1. The van der Waals surface area contributed by atoms with Gasteiger partial charge in [0.15, 0.2) is 0 Å². The van der Waals surface area contributed by atoms with Crippen LogP contribution >= 0.6 is 0 Å². The minimum Gasteiger partial charge on any atom is -0.491 e. The number of aliphatic hydroxyl groups is 1. The van der Waals surface area contributed by atoms with E-state index in [1.165, 1.54) is 0 Å². The Hall–Kier alpha value is -2.57. The van der Waals surface area contributed by atoms with Crippen molar-refractivity contribution >= 4 is 0 Å². The first kappa shape index (κ1) is 16.3. The van der Waals surface area contributed by atoms with Crippen molar-refractivity contribution in [2.24, 2.45) is 0 Å². The molecule has 2 heterocycles. The molecule has 0 spiro atoms. The zero-order chi connectivity index (χ0) is 16.8. The van der Waals surface area contributed by atoms with Crippen molar-refractivity contribution in [3.63, 3.8) is 0 Å². The molecule has 1 atom stereocenters. The number of ether oxygens (including phenoxy) is 2. The number of rotatable bonds is 8. The summed E-state index contributed by atoms with van der Waals surface area (Å²) in [6.07, 6.45) is 4.65. The van der Waals surface area contributed by atoms with E-state index < -0.39 is 6.10 Å². The number of hydrogen-bond acceptors (Lipinski definition) is 5. The van der Waals surface area contributed by atoms with Gasteiger partial charge in [0.1, 0.15) is 30.8 Å². The third-order valence-electron chi connectivity index (χ3n) is 3.39. The Morgan fingerprint density at radius 1 is 1.21 bits per heavy atom. The lowest BCUT2D eigenvalue weighted by Crippen LogP contribution is -2.23. The van der Waals surface area contributed by atoms with Gasteiger partial charge in [0.2, 0.25) is 0 Å². The van der Waals surface area contributed by atoms with Gasteiger partial charge in [-0.15, -0.1) is 0 Å². The molecule has 2 aromatic heterocycles. The molecule has 1 N–H and O–H groups in total. The summed E-state index contributed by atoms with van der Waals surface area (Å²) in [7, 11) is 0. The Labute approximate surface area is 140 Å². The topological polar surface area (TPSA) is 69.7 Å². The molecule has 6 nitrogen and oxygen atoms in total. The fourth-order valence-corrected chi connectivity index (χ4v) is 2.18.